The van der Waals surface area contributed by atoms with E-state index in [1.165, 1.54) is 35.5 Å². The fraction of sp³-hybridized carbons (Fsp3) is 0.179. The van der Waals surface area contributed by atoms with Gasteiger partial charge in [-0.25, -0.2) is 9.18 Å². The standard InChI is InChI=1S/C28H21Cl2F4N3O5S/c1-36-11-16(10-35)15-6-20(29)24(21(30)7-15)26(38)37-12-14-4-3-5-17(25(14)41-13-37)18-9-23(42-43-28(32,33)34)19(8-22(18)31)27(39)40-2/h3-11H,12-13,35H2,1-2H3. The molecule has 4 rings (SSSR count). The van der Waals surface area contributed by atoms with Crippen LogP contribution in [0, 0.1) is 5.82 Å². The van der Waals surface area contributed by atoms with E-state index < -0.39 is 46.6 Å². The molecular formula is C28H21Cl2F4N3O5S. The van der Waals surface area contributed by atoms with Gasteiger partial charge < -0.3 is 24.3 Å². The zero-order chi connectivity index (χ0) is 31.5. The van der Waals surface area contributed by atoms with Crippen LogP contribution in [0.4, 0.5) is 17.6 Å². The Labute approximate surface area is 257 Å². The lowest BCUT2D eigenvalue weighted by atomic mass is 9.98. The number of methoxy groups -OCH3 is 1. The van der Waals surface area contributed by atoms with E-state index in [4.69, 9.17) is 37.9 Å². The Balaban J connectivity index is 1.67. The number of nitrogens with two attached hydrogens (primary N) is 1. The number of alkyl halides is 3. The fourth-order valence-corrected chi connectivity index (χ4v) is 5.23. The van der Waals surface area contributed by atoms with Gasteiger partial charge in [0.2, 0.25) is 0 Å². The smallest absolute Gasteiger partial charge is 0.472 e. The third-order valence-corrected chi connectivity index (χ3v) is 7.19. The molecule has 0 radical (unpaired) electrons. The summed E-state index contributed by atoms with van der Waals surface area (Å²) in [6.07, 6.45) is 2.83. The number of hydrogen-bond acceptors (Lipinski definition) is 8. The van der Waals surface area contributed by atoms with Crippen molar-refractivity contribution in [1.29, 1.82) is 0 Å². The number of aliphatic imine (C=N–C) groups is 1. The van der Waals surface area contributed by atoms with E-state index in [0.29, 0.717) is 16.7 Å². The first-order chi connectivity index (χ1) is 20.4. The van der Waals surface area contributed by atoms with Crippen LogP contribution in [-0.4, -0.2) is 49.4 Å². The van der Waals surface area contributed by atoms with Crippen LogP contribution in [0.3, 0.4) is 0 Å². The van der Waals surface area contributed by atoms with Crippen LogP contribution < -0.4 is 14.7 Å². The monoisotopic (exact) mass is 657 g/mol. The fourth-order valence-electron chi connectivity index (χ4n) is 4.26. The molecule has 1 aliphatic rings. The summed E-state index contributed by atoms with van der Waals surface area (Å²) in [5.41, 5.74) is 1.81. The lowest BCUT2D eigenvalue weighted by Gasteiger charge is -2.31. The van der Waals surface area contributed by atoms with Crippen molar-refractivity contribution in [2.45, 2.75) is 12.1 Å². The third kappa shape index (κ3) is 7.00. The van der Waals surface area contributed by atoms with E-state index in [2.05, 4.69) is 9.73 Å². The predicted octanol–water partition coefficient (Wildman–Crippen LogP) is 7.13. The van der Waals surface area contributed by atoms with Crippen LogP contribution in [0.25, 0.3) is 16.7 Å². The lowest BCUT2D eigenvalue weighted by molar-refractivity contribution is -0.0370. The minimum absolute atomic E-state index is 0.00199. The molecule has 2 N–H and O–H groups in total. The molecule has 0 fully saturated rings. The summed E-state index contributed by atoms with van der Waals surface area (Å²) in [4.78, 5) is 30.8. The highest BCUT2D eigenvalue weighted by Crippen LogP contribution is 2.42. The molecule has 0 saturated carbocycles. The van der Waals surface area contributed by atoms with Gasteiger partial charge in [0.1, 0.15) is 17.1 Å². The van der Waals surface area contributed by atoms with Crippen molar-refractivity contribution in [3.8, 4) is 22.6 Å². The van der Waals surface area contributed by atoms with Gasteiger partial charge in [0, 0.05) is 41.7 Å². The molecule has 1 heterocycles. The molecule has 226 valence electrons. The van der Waals surface area contributed by atoms with Crippen molar-refractivity contribution < 1.29 is 40.8 Å². The Morgan fingerprint density at radius 1 is 1.14 bits per heavy atom. The molecule has 8 nitrogen and oxygen atoms in total. The van der Waals surface area contributed by atoms with Crippen molar-refractivity contribution in [3.05, 3.63) is 86.8 Å². The van der Waals surface area contributed by atoms with Crippen LogP contribution in [-0.2, 0) is 11.3 Å². The number of halogens is 6. The molecule has 0 aromatic heterocycles. The first-order valence-electron chi connectivity index (χ1n) is 12.1. The maximum atomic E-state index is 15.3. The number of rotatable bonds is 7. The van der Waals surface area contributed by atoms with Crippen molar-refractivity contribution in [3.63, 3.8) is 0 Å². The summed E-state index contributed by atoms with van der Waals surface area (Å²) in [5.74, 6) is -2.98. The van der Waals surface area contributed by atoms with Gasteiger partial charge in [0.05, 0.1) is 29.3 Å². The first-order valence-corrected chi connectivity index (χ1v) is 13.6. The molecule has 0 atom stereocenters. The van der Waals surface area contributed by atoms with Gasteiger partial charge in [-0.15, -0.1) is 0 Å². The van der Waals surface area contributed by atoms with Gasteiger partial charge in [-0.2, -0.15) is 13.2 Å². The average molecular weight is 658 g/mol. The third-order valence-electron chi connectivity index (χ3n) is 6.14. The number of hydrogen-bond donors (Lipinski definition) is 1. The molecule has 3 aromatic rings. The summed E-state index contributed by atoms with van der Waals surface area (Å²) in [6.45, 7) is -0.287. The number of allylic oxidation sites excluding steroid dienone is 1. The van der Waals surface area contributed by atoms with Gasteiger partial charge >= 0.3 is 11.5 Å². The molecule has 43 heavy (non-hydrogen) atoms. The number of ether oxygens (including phenoxy) is 2. The molecule has 3 aromatic carbocycles. The van der Waals surface area contributed by atoms with E-state index in [1.54, 1.807) is 19.2 Å². The molecule has 0 saturated heterocycles. The molecule has 0 unspecified atom stereocenters. The summed E-state index contributed by atoms with van der Waals surface area (Å²) < 4.78 is 68.9. The Kier molecular flexibility index (Phi) is 9.78. The second-order valence-corrected chi connectivity index (χ2v) is 10.4. The largest absolute Gasteiger partial charge is 0.479 e. The van der Waals surface area contributed by atoms with Crippen LogP contribution in [0.1, 0.15) is 31.8 Å². The molecule has 0 aliphatic carbocycles. The van der Waals surface area contributed by atoms with E-state index in [9.17, 15) is 22.8 Å². The van der Waals surface area contributed by atoms with Gasteiger partial charge in [-0.05, 0) is 29.8 Å². The molecule has 1 amide bonds. The topological polar surface area (TPSA) is 103 Å². The number of para-hydroxylation sites is 1. The van der Waals surface area contributed by atoms with Gasteiger partial charge in [0.25, 0.3) is 5.91 Å². The SMILES string of the molecule is CN=CC(=CN)c1cc(Cl)c(C(=O)N2COc3c(cccc3-c3cc(OSC(F)(F)F)c(C(=O)OC)cc3F)C2)c(Cl)c1. The molecule has 1 aliphatic heterocycles. The van der Waals surface area contributed by atoms with Crippen molar-refractivity contribution in [1.82, 2.24) is 4.90 Å². The molecule has 0 bridgehead atoms. The molecule has 15 heteroatoms. The van der Waals surface area contributed by atoms with Crippen LogP contribution in [0.15, 0.2) is 53.7 Å². The number of fused-ring (bicyclic) bond motifs is 1. The molecular weight excluding hydrogens is 637 g/mol. The van der Waals surface area contributed by atoms with E-state index in [-0.39, 0.29) is 45.8 Å². The first kappa shape index (κ1) is 32.0. The number of carbonyl (C=O) groups is 2. The Morgan fingerprint density at radius 2 is 1.84 bits per heavy atom. The summed E-state index contributed by atoms with van der Waals surface area (Å²) >= 11 is 12.0. The summed E-state index contributed by atoms with van der Waals surface area (Å²) in [5, 5.41) is 0.126. The highest BCUT2D eigenvalue weighted by molar-refractivity contribution is 7.95. The van der Waals surface area contributed by atoms with E-state index in [1.807, 2.05) is 0 Å². The number of carbonyl (C=O) groups excluding carboxylic acids is 2. The highest BCUT2D eigenvalue weighted by atomic mass is 35.5. The summed E-state index contributed by atoms with van der Waals surface area (Å²) in [6, 6.07) is 9.37. The predicted molar refractivity (Wildman–Crippen MR) is 156 cm³/mol. The number of benzene rings is 3. The van der Waals surface area contributed by atoms with Gasteiger partial charge in [-0.1, -0.05) is 41.4 Å². The normalized spacial score (nSPS) is 13.5. The van der Waals surface area contributed by atoms with E-state index >= 15 is 4.39 Å². The van der Waals surface area contributed by atoms with E-state index in [0.717, 1.165) is 19.2 Å². The maximum Gasteiger partial charge on any atom is 0.479 e. The van der Waals surface area contributed by atoms with Crippen LogP contribution >= 0.6 is 35.2 Å². The van der Waals surface area contributed by atoms with Crippen molar-refractivity contribution in [2.24, 2.45) is 10.7 Å². The Morgan fingerprint density at radius 3 is 2.44 bits per heavy atom. The molecule has 0 spiro atoms. The number of amides is 1. The minimum atomic E-state index is -4.80. The lowest BCUT2D eigenvalue weighted by Crippen LogP contribution is -2.37. The Hall–Kier alpha value is -3.94. The van der Waals surface area contributed by atoms with Crippen LogP contribution in [0.5, 0.6) is 11.5 Å². The van der Waals surface area contributed by atoms with Gasteiger partial charge in [-0.3, -0.25) is 9.79 Å². The van der Waals surface area contributed by atoms with Crippen molar-refractivity contribution >= 4 is 58.9 Å². The maximum absolute atomic E-state index is 15.3. The highest BCUT2D eigenvalue weighted by Gasteiger charge is 2.33. The second-order valence-electron chi connectivity index (χ2n) is 8.83. The Bertz CT molecular complexity index is 1630. The number of nitrogens with zero attached hydrogens (tertiary/aromatic N) is 2. The van der Waals surface area contributed by atoms with Crippen LogP contribution in [0.2, 0.25) is 10.0 Å². The summed E-state index contributed by atoms with van der Waals surface area (Å²) in [7, 11) is 2.56. The zero-order valence-electron chi connectivity index (χ0n) is 22.3. The zero-order valence-corrected chi connectivity index (χ0v) is 24.6. The minimum Gasteiger partial charge on any atom is -0.472 e. The average Bonchev–Trinajstić information content (AvgIpc) is 2.97. The quantitative estimate of drug-likeness (QED) is 0.125. The van der Waals surface area contributed by atoms with Gasteiger partial charge in [0.15, 0.2) is 24.5 Å². The second kappa shape index (κ2) is 13.1. The number of esters is 1. The van der Waals surface area contributed by atoms with Crippen molar-refractivity contribution in [2.75, 3.05) is 20.9 Å².